The van der Waals surface area contributed by atoms with Crippen molar-refractivity contribution in [3.8, 4) is 0 Å². The maximum Gasteiger partial charge on any atom is 0.326 e. The normalized spacial score (nSPS) is 12.0. The van der Waals surface area contributed by atoms with Gasteiger partial charge in [-0.2, -0.15) is 0 Å². The van der Waals surface area contributed by atoms with E-state index in [0.717, 1.165) is 22.9 Å². The lowest BCUT2D eigenvalue weighted by Crippen LogP contribution is -2.47. The number of hydrogen-bond donors (Lipinski definition) is 4. The summed E-state index contributed by atoms with van der Waals surface area (Å²) in [5, 5.41) is 15.3. The van der Waals surface area contributed by atoms with Crippen molar-refractivity contribution in [3.05, 3.63) is 36.0 Å². The zero-order valence-corrected chi connectivity index (χ0v) is 11.8. The molecule has 0 spiro atoms. The first-order valence-electron chi connectivity index (χ1n) is 6.94. The molecular formula is C15H19N3O3. The van der Waals surface area contributed by atoms with Gasteiger partial charge in [0.25, 0.3) is 0 Å². The molecule has 0 aliphatic heterocycles. The van der Waals surface area contributed by atoms with Crippen LogP contribution in [0.1, 0.15) is 18.9 Å². The van der Waals surface area contributed by atoms with E-state index in [1.54, 1.807) is 6.20 Å². The second kappa shape index (κ2) is 6.78. The van der Waals surface area contributed by atoms with Crippen molar-refractivity contribution in [2.75, 3.05) is 6.54 Å². The third kappa shape index (κ3) is 3.75. The van der Waals surface area contributed by atoms with E-state index in [1.807, 2.05) is 31.2 Å². The Labute approximate surface area is 122 Å². The largest absolute Gasteiger partial charge is 0.480 e. The number of carboxylic acids is 1. The van der Waals surface area contributed by atoms with Crippen molar-refractivity contribution in [3.63, 3.8) is 0 Å². The molecule has 0 radical (unpaired) electrons. The van der Waals surface area contributed by atoms with Gasteiger partial charge in [-0.05, 0) is 18.1 Å². The highest BCUT2D eigenvalue weighted by atomic mass is 16.4. The van der Waals surface area contributed by atoms with E-state index in [4.69, 9.17) is 0 Å². The summed E-state index contributed by atoms with van der Waals surface area (Å²) in [5.74, 6) is -1.05. The molecule has 4 N–H and O–H groups in total. The number of para-hydroxylation sites is 1. The van der Waals surface area contributed by atoms with Crippen LogP contribution >= 0.6 is 0 Å². The van der Waals surface area contributed by atoms with E-state index >= 15 is 0 Å². The molecule has 0 aliphatic carbocycles. The number of carboxylic acid groups (broad SMARTS) is 1. The summed E-state index contributed by atoms with van der Waals surface area (Å²) >= 11 is 0. The van der Waals surface area contributed by atoms with Gasteiger partial charge in [-0.25, -0.2) is 9.59 Å². The van der Waals surface area contributed by atoms with Gasteiger partial charge in [0.15, 0.2) is 0 Å². The molecule has 2 aromatic rings. The second-order valence-corrected chi connectivity index (χ2v) is 4.85. The first-order valence-corrected chi connectivity index (χ1v) is 6.94. The first-order chi connectivity index (χ1) is 10.1. The zero-order chi connectivity index (χ0) is 15.2. The molecule has 0 aliphatic rings. The molecule has 2 rings (SSSR count). The first kappa shape index (κ1) is 14.9. The van der Waals surface area contributed by atoms with Crippen molar-refractivity contribution in [2.45, 2.75) is 25.8 Å². The maximum absolute atomic E-state index is 11.6. The van der Waals surface area contributed by atoms with E-state index in [-0.39, 0.29) is 6.42 Å². The molecule has 2 amide bonds. The van der Waals surface area contributed by atoms with E-state index < -0.39 is 18.0 Å². The Balaban J connectivity index is 2.09. The van der Waals surface area contributed by atoms with Crippen molar-refractivity contribution < 1.29 is 14.7 Å². The van der Waals surface area contributed by atoms with Crippen LogP contribution in [-0.4, -0.2) is 34.7 Å². The lowest BCUT2D eigenvalue weighted by Gasteiger charge is -2.14. The van der Waals surface area contributed by atoms with Gasteiger partial charge in [-0.3, -0.25) is 0 Å². The molecule has 1 atom stereocenters. The van der Waals surface area contributed by atoms with Crippen molar-refractivity contribution in [1.29, 1.82) is 0 Å². The molecular weight excluding hydrogens is 270 g/mol. The minimum Gasteiger partial charge on any atom is -0.480 e. The van der Waals surface area contributed by atoms with E-state index in [2.05, 4.69) is 15.6 Å². The van der Waals surface area contributed by atoms with Crippen LogP contribution in [0.5, 0.6) is 0 Å². The molecule has 0 unspecified atom stereocenters. The quantitative estimate of drug-likeness (QED) is 0.654. The monoisotopic (exact) mass is 289 g/mol. The minimum absolute atomic E-state index is 0.235. The lowest BCUT2D eigenvalue weighted by molar-refractivity contribution is -0.139. The van der Waals surface area contributed by atoms with Gasteiger partial charge in [0, 0.05) is 30.1 Å². The van der Waals surface area contributed by atoms with Crippen LogP contribution in [0.2, 0.25) is 0 Å². The fourth-order valence-corrected chi connectivity index (χ4v) is 2.17. The van der Waals surface area contributed by atoms with Crippen LogP contribution in [-0.2, 0) is 11.2 Å². The summed E-state index contributed by atoms with van der Waals surface area (Å²) in [6, 6.07) is 6.25. The van der Waals surface area contributed by atoms with Gasteiger partial charge in [-0.1, -0.05) is 25.1 Å². The van der Waals surface area contributed by atoms with Crippen LogP contribution in [0, 0.1) is 0 Å². The van der Waals surface area contributed by atoms with Gasteiger partial charge in [0.05, 0.1) is 0 Å². The Morgan fingerprint density at radius 1 is 1.33 bits per heavy atom. The molecule has 112 valence electrons. The van der Waals surface area contributed by atoms with Gasteiger partial charge < -0.3 is 20.7 Å². The predicted octanol–water partition coefficient (Wildman–Crippen LogP) is 1.87. The number of carbonyl (C=O) groups is 2. The number of fused-ring (bicyclic) bond motifs is 1. The molecule has 21 heavy (non-hydrogen) atoms. The molecule has 0 saturated carbocycles. The molecule has 1 heterocycles. The zero-order valence-electron chi connectivity index (χ0n) is 11.8. The van der Waals surface area contributed by atoms with Gasteiger partial charge in [0.2, 0.25) is 0 Å². The number of urea groups is 1. The van der Waals surface area contributed by atoms with E-state index in [9.17, 15) is 14.7 Å². The van der Waals surface area contributed by atoms with E-state index in [0.29, 0.717) is 6.54 Å². The molecule has 0 bridgehead atoms. The molecule has 6 heteroatoms. The lowest BCUT2D eigenvalue weighted by atomic mass is 10.1. The molecule has 1 aromatic carbocycles. The number of aromatic nitrogens is 1. The maximum atomic E-state index is 11.6. The van der Waals surface area contributed by atoms with Crippen LogP contribution in [0.25, 0.3) is 10.9 Å². The molecule has 1 aromatic heterocycles. The Kier molecular flexibility index (Phi) is 4.81. The van der Waals surface area contributed by atoms with E-state index in [1.165, 1.54) is 0 Å². The third-order valence-corrected chi connectivity index (χ3v) is 3.24. The number of aliphatic carboxylic acids is 1. The molecule has 6 nitrogen and oxygen atoms in total. The number of rotatable bonds is 6. The second-order valence-electron chi connectivity index (χ2n) is 4.85. The topological polar surface area (TPSA) is 94.2 Å². The standard InChI is InChI=1S/C15H19N3O3/c1-2-7-16-15(21)18-13(14(19)20)8-10-9-17-12-6-4-3-5-11(10)12/h3-6,9,13,17H,2,7-8H2,1H3,(H,19,20)(H2,16,18,21)/t13-/m1/s1. The van der Waals surface area contributed by atoms with Gasteiger partial charge in [-0.15, -0.1) is 0 Å². The average molecular weight is 289 g/mol. The Morgan fingerprint density at radius 2 is 2.10 bits per heavy atom. The number of nitrogens with one attached hydrogen (secondary N) is 3. The predicted molar refractivity (Wildman–Crippen MR) is 80.3 cm³/mol. The van der Waals surface area contributed by atoms with Crippen LogP contribution < -0.4 is 10.6 Å². The highest BCUT2D eigenvalue weighted by molar-refractivity contribution is 5.86. The Morgan fingerprint density at radius 3 is 2.81 bits per heavy atom. The average Bonchev–Trinajstić information content (AvgIpc) is 2.87. The van der Waals surface area contributed by atoms with Gasteiger partial charge in [0.1, 0.15) is 6.04 Å². The van der Waals surface area contributed by atoms with Crippen molar-refractivity contribution >= 4 is 22.9 Å². The smallest absolute Gasteiger partial charge is 0.326 e. The minimum atomic E-state index is -1.05. The summed E-state index contributed by atoms with van der Waals surface area (Å²) in [6.45, 7) is 2.45. The summed E-state index contributed by atoms with van der Waals surface area (Å²) in [7, 11) is 0. The fraction of sp³-hybridized carbons (Fsp3) is 0.333. The van der Waals surface area contributed by atoms with Crippen LogP contribution in [0.3, 0.4) is 0 Å². The molecule has 0 saturated heterocycles. The van der Waals surface area contributed by atoms with Crippen molar-refractivity contribution in [2.24, 2.45) is 0 Å². The van der Waals surface area contributed by atoms with Crippen molar-refractivity contribution in [1.82, 2.24) is 15.6 Å². The number of carbonyl (C=O) groups excluding carboxylic acids is 1. The third-order valence-electron chi connectivity index (χ3n) is 3.24. The number of amides is 2. The van der Waals surface area contributed by atoms with Gasteiger partial charge >= 0.3 is 12.0 Å². The number of hydrogen-bond acceptors (Lipinski definition) is 2. The SMILES string of the molecule is CCCNC(=O)N[C@H](Cc1c[nH]c2ccccc12)C(=O)O. The Hall–Kier alpha value is -2.50. The highest BCUT2D eigenvalue weighted by Crippen LogP contribution is 2.19. The number of benzene rings is 1. The summed E-state index contributed by atoms with van der Waals surface area (Å²) in [6.07, 6.45) is 2.82. The summed E-state index contributed by atoms with van der Waals surface area (Å²) < 4.78 is 0. The number of H-pyrrole nitrogens is 1. The fourth-order valence-electron chi connectivity index (χ4n) is 2.17. The van der Waals surface area contributed by atoms with Crippen LogP contribution in [0.4, 0.5) is 4.79 Å². The summed E-state index contributed by atoms with van der Waals surface area (Å²) in [5.41, 5.74) is 1.82. The number of aromatic amines is 1. The summed E-state index contributed by atoms with van der Waals surface area (Å²) in [4.78, 5) is 26.0. The molecule has 0 fully saturated rings. The van der Waals surface area contributed by atoms with Crippen LogP contribution in [0.15, 0.2) is 30.5 Å². The highest BCUT2D eigenvalue weighted by Gasteiger charge is 2.21. The Bertz CT molecular complexity index is 636.